The first-order valence-corrected chi connectivity index (χ1v) is 13.4. The Hall–Kier alpha value is -4.52. The number of benzene rings is 1. The van der Waals surface area contributed by atoms with Gasteiger partial charge in [-0.1, -0.05) is 17.7 Å². The second kappa shape index (κ2) is 10.4. The van der Waals surface area contributed by atoms with Gasteiger partial charge in [0, 0.05) is 36.0 Å². The number of amides is 2. The summed E-state index contributed by atoms with van der Waals surface area (Å²) in [6.45, 7) is 4.01. The Morgan fingerprint density at radius 1 is 1.21 bits per heavy atom. The van der Waals surface area contributed by atoms with E-state index in [-0.39, 0.29) is 40.0 Å². The molecule has 0 radical (unpaired) electrons. The second-order valence-electron chi connectivity index (χ2n) is 10.4. The van der Waals surface area contributed by atoms with Crippen molar-refractivity contribution in [3.8, 4) is 11.3 Å². The number of halogens is 4. The van der Waals surface area contributed by atoms with E-state index in [1.54, 1.807) is 28.0 Å². The molecule has 4 aromatic rings. The van der Waals surface area contributed by atoms with Crippen molar-refractivity contribution in [2.24, 2.45) is 11.8 Å². The molecule has 2 amide bonds. The molecule has 1 aromatic carbocycles. The average molecular weight is 597 g/mol. The van der Waals surface area contributed by atoms with Crippen molar-refractivity contribution in [3.63, 3.8) is 0 Å². The van der Waals surface area contributed by atoms with E-state index in [0.717, 1.165) is 30.3 Å². The fourth-order valence-electron chi connectivity index (χ4n) is 5.16. The molecule has 42 heavy (non-hydrogen) atoms. The molecular weight excluding hydrogens is 573 g/mol. The molecule has 0 bridgehead atoms. The summed E-state index contributed by atoms with van der Waals surface area (Å²) in [6, 6.07) is 3.46. The molecule has 0 spiro atoms. The van der Waals surface area contributed by atoms with Crippen molar-refractivity contribution in [2.75, 3.05) is 22.5 Å². The molecule has 6 rings (SSSR count). The highest BCUT2D eigenvalue weighted by atomic mass is 35.5. The number of nitrogens with two attached hydrogens (primary N) is 1. The Labute approximate surface area is 242 Å². The maximum Gasteiger partial charge on any atom is 0.276 e. The van der Waals surface area contributed by atoms with Crippen molar-refractivity contribution in [1.82, 2.24) is 24.7 Å². The molecule has 3 N–H and O–H groups in total. The van der Waals surface area contributed by atoms with Crippen molar-refractivity contribution < 1.29 is 22.8 Å². The Bertz CT molecular complexity index is 1750. The van der Waals surface area contributed by atoms with E-state index in [9.17, 15) is 22.8 Å². The van der Waals surface area contributed by atoms with Gasteiger partial charge >= 0.3 is 0 Å². The Kier molecular flexibility index (Phi) is 6.84. The number of carbonyl (C=O) groups excluding carboxylic acids is 2. The Morgan fingerprint density at radius 2 is 2.00 bits per heavy atom. The monoisotopic (exact) mass is 596 g/mol. The zero-order valence-corrected chi connectivity index (χ0v) is 23.1. The molecule has 3 aromatic heterocycles. The van der Waals surface area contributed by atoms with E-state index in [4.69, 9.17) is 17.3 Å². The minimum absolute atomic E-state index is 0.0603. The summed E-state index contributed by atoms with van der Waals surface area (Å²) in [5.74, 6) is -0.786. The van der Waals surface area contributed by atoms with Crippen LogP contribution in [-0.4, -0.2) is 43.1 Å². The van der Waals surface area contributed by atoms with Crippen LogP contribution >= 0.6 is 11.6 Å². The van der Waals surface area contributed by atoms with Crippen LogP contribution in [0.2, 0.25) is 5.02 Å². The third-order valence-electron chi connectivity index (χ3n) is 7.62. The summed E-state index contributed by atoms with van der Waals surface area (Å²) in [4.78, 5) is 39.9. The van der Waals surface area contributed by atoms with E-state index in [1.165, 1.54) is 13.1 Å². The van der Waals surface area contributed by atoms with Gasteiger partial charge in [0.15, 0.2) is 11.6 Å². The van der Waals surface area contributed by atoms with Gasteiger partial charge in [0.05, 0.1) is 46.2 Å². The molecular formula is C28H24ClF3N8O2. The fourth-order valence-corrected chi connectivity index (χ4v) is 5.32. The number of nitrogen functional groups attached to an aromatic ring is 1. The molecule has 1 saturated carbocycles. The van der Waals surface area contributed by atoms with Gasteiger partial charge in [-0.15, -0.1) is 0 Å². The van der Waals surface area contributed by atoms with Crippen LogP contribution in [0.25, 0.3) is 11.3 Å². The van der Waals surface area contributed by atoms with Crippen molar-refractivity contribution >= 4 is 40.6 Å². The molecule has 1 aliphatic heterocycles. The van der Waals surface area contributed by atoms with Crippen molar-refractivity contribution in [3.05, 3.63) is 76.3 Å². The average Bonchev–Trinajstić information content (AvgIpc) is 3.46. The van der Waals surface area contributed by atoms with Gasteiger partial charge in [-0.3, -0.25) is 24.2 Å². The van der Waals surface area contributed by atoms with Gasteiger partial charge in [-0.2, -0.15) is 5.10 Å². The van der Waals surface area contributed by atoms with E-state index >= 15 is 0 Å². The first-order valence-electron chi connectivity index (χ1n) is 13.1. The number of fused-ring (bicyclic) bond motifs is 1. The van der Waals surface area contributed by atoms with Gasteiger partial charge < -0.3 is 11.1 Å². The summed E-state index contributed by atoms with van der Waals surface area (Å²) in [6.07, 6.45) is 3.69. The van der Waals surface area contributed by atoms with Crippen LogP contribution in [0.4, 0.5) is 30.4 Å². The number of rotatable bonds is 7. The minimum Gasteiger partial charge on any atom is -0.396 e. The lowest BCUT2D eigenvalue weighted by molar-refractivity contribution is -0.118. The molecule has 10 nitrogen and oxygen atoms in total. The zero-order chi connectivity index (χ0) is 29.9. The van der Waals surface area contributed by atoms with Crippen LogP contribution in [0.15, 0.2) is 43.0 Å². The first-order chi connectivity index (χ1) is 20.0. The van der Waals surface area contributed by atoms with Crippen LogP contribution in [0, 0.1) is 24.6 Å². The largest absolute Gasteiger partial charge is 0.396 e. The predicted octanol–water partition coefficient (Wildman–Crippen LogP) is 5.20. The number of hydrogen-bond acceptors (Lipinski definition) is 7. The summed E-state index contributed by atoms with van der Waals surface area (Å²) < 4.78 is 43.6. The standard InChI is InChI=1S/C28H24ClF3N8O2/c1-12-24(38-21(9-34-12)22-17(25(31)32)3-4-19(29)23(22)30)27(41)37-16-8-36-40(11-16)13(2)14-6-20(33)26(35-7-14)39-10-15-5-18(15)28(39)42/h3-4,6-9,11,13,15,18,25H,5,10,33H2,1-2H3,(H,37,41)/t13-,15+,18+/m0/s1. The lowest BCUT2D eigenvalue weighted by Crippen LogP contribution is -2.29. The van der Waals surface area contributed by atoms with Gasteiger partial charge in [0.25, 0.3) is 12.3 Å². The van der Waals surface area contributed by atoms with Crippen LogP contribution in [0.1, 0.15) is 53.1 Å². The van der Waals surface area contributed by atoms with Crippen molar-refractivity contribution in [1.29, 1.82) is 0 Å². The highest BCUT2D eigenvalue weighted by Gasteiger charge is 2.53. The number of carbonyl (C=O) groups is 2. The number of aromatic nitrogens is 5. The van der Waals surface area contributed by atoms with Crippen LogP contribution < -0.4 is 16.0 Å². The highest BCUT2D eigenvalue weighted by molar-refractivity contribution is 6.31. The van der Waals surface area contributed by atoms with E-state index < -0.39 is 29.3 Å². The van der Waals surface area contributed by atoms with Gasteiger partial charge in [-0.05, 0) is 43.9 Å². The summed E-state index contributed by atoms with van der Waals surface area (Å²) in [5.41, 5.74) is 6.31. The number of nitrogens with one attached hydrogen (secondary N) is 1. The number of alkyl halides is 2. The molecule has 4 heterocycles. The first kappa shape index (κ1) is 27.6. The highest BCUT2D eigenvalue weighted by Crippen LogP contribution is 2.48. The zero-order valence-electron chi connectivity index (χ0n) is 22.4. The third-order valence-corrected chi connectivity index (χ3v) is 7.91. The number of hydrogen-bond donors (Lipinski definition) is 2. The summed E-state index contributed by atoms with van der Waals surface area (Å²) in [7, 11) is 0. The fraction of sp³-hybridized carbons (Fsp3) is 0.286. The van der Waals surface area contributed by atoms with Crippen LogP contribution in [0.3, 0.4) is 0 Å². The number of piperidine rings is 1. The smallest absolute Gasteiger partial charge is 0.276 e. The predicted molar refractivity (Wildman–Crippen MR) is 149 cm³/mol. The molecule has 3 atom stereocenters. The molecule has 0 unspecified atom stereocenters. The maximum absolute atomic E-state index is 14.8. The number of pyridine rings is 1. The van der Waals surface area contributed by atoms with Crippen molar-refractivity contribution in [2.45, 2.75) is 32.7 Å². The third kappa shape index (κ3) is 4.83. The minimum atomic E-state index is -3.00. The topological polar surface area (TPSA) is 132 Å². The maximum atomic E-state index is 14.8. The Balaban J connectivity index is 1.20. The van der Waals surface area contributed by atoms with Gasteiger partial charge in [-0.25, -0.2) is 23.1 Å². The van der Waals surface area contributed by atoms with Crippen LogP contribution in [0.5, 0.6) is 0 Å². The normalized spacial score (nSPS) is 18.4. The molecule has 1 aliphatic carbocycles. The second-order valence-corrected chi connectivity index (χ2v) is 10.8. The molecule has 2 aliphatic rings. The Morgan fingerprint density at radius 3 is 2.69 bits per heavy atom. The molecule has 14 heteroatoms. The molecule has 1 saturated heterocycles. The quantitative estimate of drug-likeness (QED) is 0.300. The van der Waals surface area contributed by atoms with E-state index in [0.29, 0.717) is 29.7 Å². The number of aryl methyl sites for hydroxylation is 1. The molecule has 2 fully saturated rings. The van der Waals surface area contributed by atoms with Gasteiger partial charge in [0.2, 0.25) is 5.91 Å². The number of nitrogens with zero attached hydrogens (tertiary/aromatic N) is 6. The summed E-state index contributed by atoms with van der Waals surface area (Å²) in [5, 5.41) is 6.62. The van der Waals surface area contributed by atoms with Crippen LogP contribution in [-0.2, 0) is 4.79 Å². The molecule has 216 valence electrons. The van der Waals surface area contributed by atoms with E-state index in [2.05, 4.69) is 25.4 Å². The van der Waals surface area contributed by atoms with Gasteiger partial charge in [0.1, 0.15) is 5.69 Å². The number of anilines is 3. The lowest BCUT2D eigenvalue weighted by atomic mass is 10.0. The lowest BCUT2D eigenvalue weighted by Gasteiger charge is -2.20. The summed E-state index contributed by atoms with van der Waals surface area (Å²) >= 11 is 5.83. The van der Waals surface area contributed by atoms with E-state index in [1.807, 2.05) is 6.92 Å². The SMILES string of the molecule is Cc1ncc(-c2c(C(F)F)ccc(Cl)c2F)nc1C(=O)Nc1cnn([C@@H](C)c2cnc(N3C[C@H]4C[C@H]4C3=O)c(N)c2)c1.